The van der Waals surface area contributed by atoms with E-state index in [-0.39, 0.29) is 11.3 Å². The van der Waals surface area contributed by atoms with Gasteiger partial charge in [0.05, 0.1) is 6.54 Å². The van der Waals surface area contributed by atoms with E-state index in [4.69, 9.17) is 0 Å². The summed E-state index contributed by atoms with van der Waals surface area (Å²) in [6, 6.07) is 13.6. The van der Waals surface area contributed by atoms with Crippen LogP contribution in [-0.2, 0) is 12.0 Å². The third-order valence-corrected chi connectivity index (χ3v) is 4.81. The number of carbonyl (C=O) groups is 1. The number of anilines is 2. The Hall–Kier alpha value is -2.73. The topological polar surface area (TPSA) is 66.9 Å². The zero-order valence-electron chi connectivity index (χ0n) is 15.1. The lowest BCUT2D eigenvalue weighted by Gasteiger charge is -2.19. The van der Waals surface area contributed by atoms with Gasteiger partial charge in [-0.25, -0.2) is 9.97 Å². The van der Waals surface area contributed by atoms with Crippen LogP contribution < -0.4 is 10.6 Å². The van der Waals surface area contributed by atoms with Gasteiger partial charge in [0.2, 0.25) is 0 Å². The van der Waals surface area contributed by atoms with Crippen LogP contribution in [0.15, 0.2) is 54.2 Å². The molecular formula is C20H22N4OS. The van der Waals surface area contributed by atoms with Gasteiger partial charge in [-0.05, 0) is 34.6 Å². The first-order chi connectivity index (χ1) is 12.4. The maximum absolute atomic E-state index is 12.5. The summed E-state index contributed by atoms with van der Waals surface area (Å²) in [6.45, 7) is 7.15. The molecule has 0 saturated heterocycles. The molecule has 0 aliphatic carbocycles. The van der Waals surface area contributed by atoms with Crippen LogP contribution >= 0.6 is 11.3 Å². The van der Waals surface area contributed by atoms with Crippen LogP contribution in [-0.4, -0.2) is 15.9 Å². The number of hydrogen-bond donors (Lipinski definition) is 2. The minimum absolute atomic E-state index is 0.0817. The third kappa shape index (κ3) is 4.67. The molecule has 0 fully saturated rings. The predicted molar refractivity (Wildman–Crippen MR) is 107 cm³/mol. The number of thiophene rings is 1. The smallest absolute Gasteiger partial charge is 0.274 e. The van der Waals surface area contributed by atoms with Crippen LogP contribution in [0.3, 0.4) is 0 Å². The van der Waals surface area contributed by atoms with E-state index >= 15 is 0 Å². The average Bonchev–Trinajstić information content (AvgIpc) is 3.13. The Bertz CT molecular complexity index is 868. The van der Waals surface area contributed by atoms with E-state index in [1.165, 1.54) is 16.8 Å². The summed E-state index contributed by atoms with van der Waals surface area (Å²) in [5.41, 5.74) is 2.37. The Labute approximate surface area is 157 Å². The first kappa shape index (κ1) is 18.1. The van der Waals surface area contributed by atoms with Crippen molar-refractivity contribution in [3.05, 3.63) is 70.3 Å². The van der Waals surface area contributed by atoms with Crippen molar-refractivity contribution in [3.63, 3.8) is 0 Å². The summed E-state index contributed by atoms with van der Waals surface area (Å²) in [6.07, 6.45) is 1.40. The Kier molecular flexibility index (Phi) is 5.32. The van der Waals surface area contributed by atoms with Crippen molar-refractivity contribution in [1.82, 2.24) is 9.97 Å². The monoisotopic (exact) mass is 366 g/mol. The van der Waals surface area contributed by atoms with Gasteiger partial charge in [-0.3, -0.25) is 4.79 Å². The Balaban J connectivity index is 1.65. The van der Waals surface area contributed by atoms with E-state index in [1.807, 2.05) is 41.8 Å². The van der Waals surface area contributed by atoms with Crippen molar-refractivity contribution >= 4 is 28.7 Å². The molecule has 0 radical (unpaired) electrons. The van der Waals surface area contributed by atoms with Crippen molar-refractivity contribution in [1.29, 1.82) is 0 Å². The van der Waals surface area contributed by atoms with E-state index in [9.17, 15) is 4.79 Å². The summed E-state index contributed by atoms with van der Waals surface area (Å²) in [5.74, 6) is 0.372. The highest BCUT2D eigenvalue weighted by Crippen LogP contribution is 2.23. The second kappa shape index (κ2) is 7.66. The average molecular weight is 366 g/mol. The molecule has 0 saturated carbocycles. The highest BCUT2D eigenvalue weighted by molar-refractivity contribution is 7.09. The number of nitrogens with one attached hydrogen (secondary N) is 2. The van der Waals surface area contributed by atoms with Crippen LogP contribution in [0, 0.1) is 0 Å². The summed E-state index contributed by atoms with van der Waals surface area (Å²) < 4.78 is 0. The van der Waals surface area contributed by atoms with Crippen LogP contribution in [0.4, 0.5) is 11.5 Å². The highest BCUT2D eigenvalue weighted by Gasteiger charge is 2.14. The molecule has 0 aliphatic heterocycles. The van der Waals surface area contributed by atoms with Crippen molar-refractivity contribution in [2.75, 3.05) is 10.6 Å². The first-order valence-corrected chi connectivity index (χ1v) is 9.30. The number of nitrogens with zero attached hydrogens (tertiary/aromatic N) is 2. The van der Waals surface area contributed by atoms with Gasteiger partial charge in [0.25, 0.3) is 5.91 Å². The molecule has 0 aliphatic rings. The molecule has 6 heteroatoms. The second-order valence-electron chi connectivity index (χ2n) is 7.00. The Morgan fingerprint density at radius 2 is 1.88 bits per heavy atom. The minimum atomic E-state index is -0.255. The van der Waals surface area contributed by atoms with E-state index < -0.39 is 0 Å². The van der Waals surface area contributed by atoms with Crippen molar-refractivity contribution < 1.29 is 4.79 Å². The zero-order chi connectivity index (χ0) is 18.6. The predicted octanol–water partition coefficient (Wildman–Crippen LogP) is 4.70. The first-order valence-electron chi connectivity index (χ1n) is 8.42. The normalized spacial score (nSPS) is 11.2. The Morgan fingerprint density at radius 3 is 2.54 bits per heavy atom. The molecule has 3 aromatic rings. The van der Waals surface area contributed by atoms with E-state index in [0.29, 0.717) is 18.1 Å². The number of carbonyl (C=O) groups excluding carboxylic acids is 1. The molecule has 134 valence electrons. The Morgan fingerprint density at radius 1 is 1.12 bits per heavy atom. The lowest BCUT2D eigenvalue weighted by Crippen LogP contribution is -2.15. The summed E-state index contributed by atoms with van der Waals surface area (Å²) >= 11 is 1.67. The van der Waals surface area contributed by atoms with Crippen LogP contribution in [0.25, 0.3) is 0 Å². The molecule has 5 nitrogen and oxygen atoms in total. The molecule has 1 aromatic carbocycles. The van der Waals surface area contributed by atoms with Gasteiger partial charge in [-0.1, -0.05) is 39.0 Å². The van der Waals surface area contributed by atoms with Gasteiger partial charge in [-0.15, -0.1) is 11.3 Å². The summed E-state index contributed by atoms with van der Waals surface area (Å²) in [5, 5.41) is 8.12. The number of benzene rings is 1. The standard InChI is InChI=1S/C20H22N4OS/c1-20(2,3)14-6-8-15(9-7-14)24-19(25)17-11-18(23-13-22-17)21-12-16-5-4-10-26-16/h4-11,13H,12H2,1-3H3,(H,24,25)(H,21,22,23). The van der Waals surface area contributed by atoms with Crippen LogP contribution in [0.5, 0.6) is 0 Å². The number of aromatic nitrogens is 2. The van der Waals surface area contributed by atoms with Gasteiger partial charge in [0.15, 0.2) is 0 Å². The largest absolute Gasteiger partial charge is 0.365 e. The highest BCUT2D eigenvalue weighted by atomic mass is 32.1. The second-order valence-corrected chi connectivity index (χ2v) is 8.04. The van der Waals surface area contributed by atoms with Gasteiger partial charge >= 0.3 is 0 Å². The molecule has 3 rings (SSSR count). The maximum atomic E-state index is 12.5. The summed E-state index contributed by atoms with van der Waals surface area (Å²) in [7, 11) is 0. The third-order valence-electron chi connectivity index (χ3n) is 3.93. The fraction of sp³-hybridized carbons (Fsp3) is 0.250. The molecule has 1 amide bonds. The van der Waals surface area contributed by atoms with Gasteiger partial charge < -0.3 is 10.6 Å². The molecule has 0 atom stereocenters. The minimum Gasteiger partial charge on any atom is -0.365 e. The molecule has 0 unspecified atom stereocenters. The van der Waals surface area contributed by atoms with Crippen molar-refractivity contribution in [2.24, 2.45) is 0 Å². The molecule has 0 spiro atoms. The van der Waals surface area contributed by atoms with E-state index in [0.717, 1.165) is 5.69 Å². The molecule has 2 N–H and O–H groups in total. The summed E-state index contributed by atoms with van der Waals surface area (Å²) in [4.78, 5) is 21.9. The van der Waals surface area contributed by atoms with Crippen molar-refractivity contribution in [3.8, 4) is 0 Å². The molecule has 2 aromatic heterocycles. The van der Waals surface area contributed by atoms with Crippen LogP contribution in [0.2, 0.25) is 0 Å². The lowest BCUT2D eigenvalue weighted by atomic mass is 9.87. The fourth-order valence-electron chi connectivity index (χ4n) is 2.42. The quantitative estimate of drug-likeness (QED) is 0.687. The molecule has 2 heterocycles. The number of rotatable bonds is 5. The number of amides is 1. The fourth-order valence-corrected chi connectivity index (χ4v) is 3.06. The lowest BCUT2D eigenvalue weighted by molar-refractivity contribution is 0.102. The van der Waals surface area contributed by atoms with E-state index in [2.05, 4.69) is 41.4 Å². The van der Waals surface area contributed by atoms with E-state index in [1.54, 1.807) is 17.4 Å². The molecule has 0 bridgehead atoms. The zero-order valence-corrected chi connectivity index (χ0v) is 15.9. The van der Waals surface area contributed by atoms with Gasteiger partial charge in [0, 0.05) is 16.6 Å². The maximum Gasteiger partial charge on any atom is 0.274 e. The molecule has 26 heavy (non-hydrogen) atoms. The van der Waals surface area contributed by atoms with Gasteiger partial charge in [0.1, 0.15) is 17.8 Å². The SMILES string of the molecule is CC(C)(C)c1ccc(NC(=O)c2cc(NCc3cccs3)ncn2)cc1. The van der Waals surface area contributed by atoms with Crippen LogP contribution in [0.1, 0.15) is 41.7 Å². The van der Waals surface area contributed by atoms with Gasteiger partial charge in [-0.2, -0.15) is 0 Å². The molecular weight excluding hydrogens is 344 g/mol. The number of hydrogen-bond acceptors (Lipinski definition) is 5. The van der Waals surface area contributed by atoms with Crippen molar-refractivity contribution in [2.45, 2.75) is 32.7 Å².